The van der Waals surface area contributed by atoms with E-state index in [0.29, 0.717) is 68.6 Å². The molecule has 1 N–H and O–H groups in total. The first kappa shape index (κ1) is 37.8. The minimum atomic E-state index is -0.430. The Bertz CT molecular complexity index is 2480. The SMILES string of the molecule is CCOC(=O)c1[nH]c2ccc(Cl)cc2c1-c1cccnc1OC.CCOC(=O)c1c(-c2cccnc2OC)c2cc(Cl)ccc2n1Cc1ccnc(C)c1. The van der Waals surface area contributed by atoms with Crippen LogP contribution in [0.1, 0.15) is 46.1 Å². The van der Waals surface area contributed by atoms with Gasteiger partial charge in [-0.1, -0.05) is 23.2 Å². The molecule has 5 heterocycles. The van der Waals surface area contributed by atoms with Crippen LogP contribution in [0.2, 0.25) is 10.0 Å². The maximum absolute atomic E-state index is 13.2. The van der Waals surface area contributed by atoms with Gasteiger partial charge in [0.05, 0.1) is 27.4 Å². The molecule has 7 aromatic rings. The van der Waals surface area contributed by atoms with Gasteiger partial charge >= 0.3 is 11.9 Å². The predicted molar refractivity (Wildman–Crippen MR) is 210 cm³/mol. The lowest BCUT2D eigenvalue weighted by molar-refractivity contribution is 0.0509. The lowest BCUT2D eigenvalue weighted by Gasteiger charge is -2.13. The smallest absolute Gasteiger partial charge is 0.355 e. The van der Waals surface area contributed by atoms with Crippen LogP contribution in [0, 0.1) is 6.92 Å². The summed E-state index contributed by atoms with van der Waals surface area (Å²) in [6, 6.07) is 22.2. The standard InChI is InChI=1S/C24H22ClN3O3.C17H15ClN2O3/c1-4-31-24(29)22-21(18-6-5-10-27-23(18)30-3)19-13-17(25)7-8-20(19)28(22)14-16-9-11-26-15(2)12-16;1-3-23-17(21)15-14(11-5-4-8-19-16(11)22-2)12-9-10(18)6-7-13(12)20-15/h5-13H,4,14H2,1-3H3;4-9,20H,3H2,1-2H3. The lowest BCUT2D eigenvalue weighted by Crippen LogP contribution is -2.14. The molecule has 0 fully saturated rings. The van der Waals surface area contributed by atoms with Crippen LogP contribution in [0.5, 0.6) is 11.8 Å². The van der Waals surface area contributed by atoms with Gasteiger partial charge in [-0.3, -0.25) is 4.98 Å². The highest BCUT2D eigenvalue weighted by Gasteiger charge is 2.28. The van der Waals surface area contributed by atoms with E-state index in [-0.39, 0.29) is 6.61 Å². The summed E-state index contributed by atoms with van der Waals surface area (Å²) in [7, 11) is 3.10. The molecule has 0 radical (unpaired) electrons. The van der Waals surface area contributed by atoms with Crippen LogP contribution in [0.25, 0.3) is 44.1 Å². The molecule has 0 aliphatic carbocycles. The number of carbonyl (C=O) groups is 2. The van der Waals surface area contributed by atoms with Crippen molar-refractivity contribution in [2.24, 2.45) is 0 Å². The number of fused-ring (bicyclic) bond motifs is 2. The van der Waals surface area contributed by atoms with Gasteiger partial charge in [0.25, 0.3) is 0 Å². The van der Waals surface area contributed by atoms with Gasteiger partial charge in [-0.2, -0.15) is 0 Å². The summed E-state index contributed by atoms with van der Waals surface area (Å²) in [6.45, 7) is 6.52. The van der Waals surface area contributed by atoms with Crippen LogP contribution in [-0.2, 0) is 16.0 Å². The first-order chi connectivity index (χ1) is 26.2. The first-order valence-corrected chi connectivity index (χ1v) is 17.8. The van der Waals surface area contributed by atoms with Crippen LogP contribution in [0.4, 0.5) is 0 Å². The molecule has 0 spiro atoms. The molecule has 13 heteroatoms. The van der Waals surface area contributed by atoms with E-state index in [4.69, 9.17) is 42.1 Å². The number of hydrogen-bond acceptors (Lipinski definition) is 9. The van der Waals surface area contributed by atoms with E-state index in [1.165, 1.54) is 7.11 Å². The highest BCUT2D eigenvalue weighted by Crippen LogP contribution is 2.41. The van der Waals surface area contributed by atoms with Gasteiger partial charge in [0.15, 0.2) is 0 Å². The Balaban J connectivity index is 0.000000193. The number of rotatable bonds is 10. The lowest BCUT2D eigenvalue weighted by atomic mass is 10.0. The number of nitrogens with zero attached hydrogens (tertiary/aromatic N) is 4. The summed E-state index contributed by atoms with van der Waals surface area (Å²) in [4.78, 5) is 41.5. The molecule has 0 bridgehead atoms. The van der Waals surface area contributed by atoms with Crippen LogP contribution < -0.4 is 9.47 Å². The summed E-state index contributed by atoms with van der Waals surface area (Å²) in [5.41, 5.74) is 7.13. The van der Waals surface area contributed by atoms with Crippen LogP contribution in [-0.4, -0.2) is 63.9 Å². The third-order valence-corrected chi connectivity index (χ3v) is 8.97. The molecule has 0 aliphatic rings. The topological polar surface area (TPSA) is 130 Å². The number of aryl methyl sites for hydroxylation is 1. The highest BCUT2D eigenvalue weighted by atomic mass is 35.5. The van der Waals surface area contributed by atoms with Gasteiger partial charge in [-0.25, -0.2) is 19.6 Å². The van der Waals surface area contributed by atoms with E-state index >= 15 is 0 Å². The second-order valence-corrected chi connectivity index (χ2v) is 12.8. The van der Waals surface area contributed by atoms with Crippen molar-refractivity contribution < 1.29 is 28.5 Å². The Morgan fingerprint density at radius 2 is 1.33 bits per heavy atom. The number of pyridine rings is 3. The number of nitrogens with one attached hydrogen (secondary N) is 1. The molecule has 0 aliphatic heterocycles. The Morgan fingerprint density at radius 1 is 0.722 bits per heavy atom. The van der Waals surface area contributed by atoms with Crippen molar-refractivity contribution in [2.75, 3.05) is 27.4 Å². The fourth-order valence-electron chi connectivity index (χ4n) is 6.35. The van der Waals surface area contributed by atoms with Crippen LogP contribution >= 0.6 is 23.2 Å². The normalized spacial score (nSPS) is 10.9. The van der Waals surface area contributed by atoms with Crippen molar-refractivity contribution in [3.63, 3.8) is 0 Å². The van der Waals surface area contributed by atoms with Gasteiger partial charge in [-0.15, -0.1) is 0 Å². The molecule has 0 unspecified atom stereocenters. The van der Waals surface area contributed by atoms with Gasteiger partial charge in [-0.05, 0) is 99.1 Å². The van der Waals surface area contributed by atoms with Crippen molar-refractivity contribution in [3.05, 3.63) is 124 Å². The number of aromatic amines is 1. The number of halogens is 2. The van der Waals surface area contributed by atoms with Crippen molar-refractivity contribution in [3.8, 4) is 34.0 Å². The predicted octanol–water partition coefficient (Wildman–Crippen LogP) is 9.36. The molecule has 0 amide bonds. The van der Waals surface area contributed by atoms with E-state index in [2.05, 4.69) is 19.9 Å². The molecule has 0 saturated carbocycles. The summed E-state index contributed by atoms with van der Waals surface area (Å²) in [5.74, 6) is 0.00740. The second-order valence-electron chi connectivity index (χ2n) is 11.9. The molecule has 276 valence electrons. The second kappa shape index (κ2) is 16.8. The zero-order chi connectivity index (χ0) is 38.4. The molecule has 2 aromatic carbocycles. The molecule has 7 rings (SSSR count). The Kier molecular flexibility index (Phi) is 11.8. The number of benzene rings is 2. The molecule has 54 heavy (non-hydrogen) atoms. The Hall–Kier alpha value is -5.91. The maximum Gasteiger partial charge on any atom is 0.355 e. The fraction of sp³-hybridized carbons (Fsp3) is 0.195. The minimum Gasteiger partial charge on any atom is -0.481 e. The van der Waals surface area contributed by atoms with E-state index in [1.807, 2.05) is 66.1 Å². The molecular formula is C41H37Cl2N5O6. The monoisotopic (exact) mass is 765 g/mol. The maximum atomic E-state index is 13.2. The first-order valence-electron chi connectivity index (χ1n) is 17.1. The largest absolute Gasteiger partial charge is 0.481 e. The molecule has 0 atom stereocenters. The number of ether oxygens (including phenoxy) is 4. The summed E-state index contributed by atoms with van der Waals surface area (Å²) >= 11 is 12.5. The van der Waals surface area contributed by atoms with Gasteiger partial charge in [0, 0.05) is 84.9 Å². The molecule has 0 saturated heterocycles. The van der Waals surface area contributed by atoms with Crippen molar-refractivity contribution in [1.82, 2.24) is 24.5 Å². The quantitative estimate of drug-likeness (QED) is 0.135. The van der Waals surface area contributed by atoms with Crippen LogP contribution in [0.3, 0.4) is 0 Å². The van der Waals surface area contributed by atoms with E-state index in [1.54, 1.807) is 57.7 Å². The van der Waals surface area contributed by atoms with Gasteiger partial charge in [0.1, 0.15) is 11.4 Å². The third kappa shape index (κ3) is 7.73. The minimum absolute atomic E-state index is 0.263. The van der Waals surface area contributed by atoms with E-state index in [0.717, 1.165) is 33.1 Å². The van der Waals surface area contributed by atoms with Gasteiger partial charge < -0.3 is 28.5 Å². The number of methoxy groups -OCH3 is 2. The average molecular weight is 767 g/mol. The molecule has 11 nitrogen and oxygen atoms in total. The summed E-state index contributed by atoms with van der Waals surface area (Å²) < 4.78 is 23.4. The summed E-state index contributed by atoms with van der Waals surface area (Å²) in [5, 5.41) is 2.79. The van der Waals surface area contributed by atoms with Gasteiger partial charge in [0.2, 0.25) is 11.8 Å². The zero-order valence-corrected chi connectivity index (χ0v) is 31.8. The number of aromatic nitrogens is 5. The number of carbonyl (C=O) groups excluding carboxylic acids is 2. The third-order valence-electron chi connectivity index (χ3n) is 8.50. The molecule has 5 aromatic heterocycles. The van der Waals surface area contributed by atoms with Crippen LogP contribution in [0.15, 0.2) is 91.4 Å². The fourth-order valence-corrected chi connectivity index (χ4v) is 6.69. The van der Waals surface area contributed by atoms with Crippen molar-refractivity contribution >= 4 is 56.9 Å². The Labute approximate surface area is 321 Å². The van der Waals surface area contributed by atoms with Crippen molar-refractivity contribution in [2.45, 2.75) is 27.3 Å². The Morgan fingerprint density at radius 3 is 1.96 bits per heavy atom. The van der Waals surface area contributed by atoms with Crippen molar-refractivity contribution in [1.29, 1.82) is 0 Å². The zero-order valence-electron chi connectivity index (χ0n) is 30.3. The number of hydrogen-bond donors (Lipinski definition) is 1. The average Bonchev–Trinajstić information content (AvgIpc) is 3.70. The summed E-state index contributed by atoms with van der Waals surface area (Å²) in [6.07, 6.45) is 5.05. The molecular weight excluding hydrogens is 729 g/mol. The van der Waals surface area contributed by atoms with E-state index < -0.39 is 11.9 Å². The number of H-pyrrole nitrogens is 1. The highest BCUT2D eigenvalue weighted by molar-refractivity contribution is 6.32. The van der Waals surface area contributed by atoms with E-state index in [9.17, 15) is 9.59 Å². The number of esters is 2.